The van der Waals surface area contributed by atoms with E-state index in [-0.39, 0.29) is 11.3 Å². The highest BCUT2D eigenvalue weighted by Crippen LogP contribution is 2.39. The molecule has 0 fully saturated rings. The number of carbonyl (C=O) groups excluding carboxylic acids is 1. The van der Waals surface area contributed by atoms with E-state index < -0.39 is 0 Å². The molecule has 2 rings (SSSR count). The molecule has 82 valence electrons. The van der Waals surface area contributed by atoms with Crippen molar-refractivity contribution < 1.29 is 4.79 Å². The number of carbonyl (C=O) groups is 1. The van der Waals surface area contributed by atoms with Gasteiger partial charge in [-0.3, -0.25) is 4.79 Å². The van der Waals surface area contributed by atoms with E-state index in [1.165, 1.54) is 12.5 Å². The molecule has 1 aromatic carbocycles. The van der Waals surface area contributed by atoms with Crippen molar-refractivity contribution in [1.29, 1.82) is 5.26 Å². The monoisotopic (exact) mass is 214 g/mol. The number of benzene rings is 1. The van der Waals surface area contributed by atoms with E-state index in [2.05, 4.69) is 11.4 Å². The number of rotatable bonds is 1. The minimum Gasteiger partial charge on any atom is -0.326 e. The summed E-state index contributed by atoms with van der Waals surface area (Å²) >= 11 is 0. The van der Waals surface area contributed by atoms with Crippen LogP contribution >= 0.6 is 0 Å². The normalized spacial score (nSPS) is 22.3. The number of hydrogen-bond donors (Lipinski definition) is 1. The number of nitriles is 1. The molecule has 16 heavy (non-hydrogen) atoms. The summed E-state index contributed by atoms with van der Waals surface area (Å²) in [6, 6.07) is 8.16. The molecule has 0 saturated carbocycles. The van der Waals surface area contributed by atoms with Gasteiger partial charge in [0.15, 0.2) is 0 Å². The minimum atomic E-state index is -0.357. The number of nitrogens with one attached hydrogen (secondary N) is 1. The smallest absolute Gasteiger partial charge is 0.221 e. The van der Waals surface area contributed by atoms with Crippen LogP contribution in [0, 0.1) is 11.3 Å². The second kappa shape index (κ2) is 3.64. The van der Waals surface area contributed by atoms with Crippen LogP contribution in [0.2, 0.25) is 0 Å². The van der Waals surface area contributed by atoms with Crippen molar-refractivity contribution in [2.75, 3.05) is 5.32 Å². The Kier molecular flexibility index (Phi) is 2.43. The van der Waals surface area contributed by atoms with E-state index in [9.17, 15) is 4.79 Å². The molecule has 0 bridgehead atoms. The average Bonchev–Trinajstić information content (AvgIpc) is 2.56. The zero-order valence-corrected chi connectivity index (χ0v) is 9.50. The third-order valence-electron chi connectivity index (χ3n) is 3.16. The Hall–Kier alpha value is -1.82. The molecule has 1 amide bonds. The fourth-order valence-corrected chi connectivity index (χ4v) is 2.26. The Labute approximate surface area is 95.1 Å². The molecule has 0 saturated heterocycles. The molecule has 3 heteroatoms. The van der Waals surface area contributed by atoms with Crippen LogP contribution in [0.5, 0.6) is 0 Å². The minimum absolute atomic E-state index is 0.0685. The fourth-order valence-electron chi connectivity index (χ4n) is 2.26. The number of nitrogens with zero attached hydrogens (tertiary/aromatic N) is 1. The molecule has 0 aromatic heterocycles. The number of anilines is 1. The molecule has 1 unspecified atom stereocenters. The predicted octanol–water partition coefficient (Wildman–Crippen LogP) is 2.37. The molecule has 0 radical (unpaired) electrons. The van der Waals surface area contributed by atoms with Gasteiger partial charge in [-0.25, -0.2) is 0 Å². The Morgan fingerprint density at radius 2 is 2.31 bits per heavy atom. The third-order valence-corrected chi connectivity index (χ3v) is 3.16. The van der Waals surface area contributed by atoms with Gasteiger partial charge >= 0.3 is 0 Å². The third kappa shape index (κ3) is 1.67. The first-order valence-corrected chi connectivity index (χ1v) is 5.37. The summed E-state index contributed by atoms with van der Waals surface area (Å²) in [6.07, 6.45) is 1.77. The van der Waals surface area contributed by atoms with Crippen molar-refractivity contribution in [3.05, 3.63) is 29.3 Å². The predicted molar refractivity (Wildman–Crippen MR) is 62.0 cm³/mol. The largest absolute Gasteiger partial charge is 0.326 e. The summed E-state index contributed by atoms with van der Waals surface area (Å²) in [5.41, 5.74) is 2.73. The molecule has 1 aromatic rings. The standard InChI is InChI=1S/C13H14N2O/c1-9(16)15-11-3-4-12-10(7-11)5-6-13(12,2)8-14/h3-4,7H,5-6H2,1-2H3,(H,15,16). The SMILES string of the molecule is CC(=O)Nc1ccc2c(c1)CCC2(C)C#N. The van der Waals surface area contributed by atoms with Crippen LogP contribution < -0.4 is 5.32 Å². The molecular formula is C13H14N2O. The molecule has 1 atom stereocenters. The van der Waals surface area contributed by atoms with Crippen LogP contribution in [0.25, 0.3) is 0 Å². The van der Waals surface area contributed by atoms with Crippen LogP contribution in [0.1, 0.15) is 31.4 Å². The van der Waals surface area contributed by atoms with E-state index in [1.54, 1.807) is 0 Å². The number of amides is 1. The molecule has 3 nitrogen and oxygen atoms in total. The van der Waals surface area contributed by atoms with E-state index in [1.807, 2.05) is 25.1 Å². The van der Waals surface area contributed by atoms with Crippen molar-refractivity contribution >= 4 is 11.6 Å². The highest BCUT2D eigenvalue weighted by molar-refractivity contribution is 5.88. The van der Waals surface area contributed by atoms with Gasteiger partial charge < -0.3 is 5.32 Å². The first kappa shape index (κ1) is 10.7. The van der Waals surface area contributed by atoms with E-state index in [0.29, 0.717) is 0 Å². The van der Waals surface area contributed by atoms with Crippen LogP contribution in [-0.4, -0.2) is 5.91 Å². The lowest BCUT2D eigenvalue weighted by Crippen LogP contribution is -2.14. The molecular weight excluding hydrogens is 200 g/mol. The van der Waals surface area contributed by atoms with E-state index in [4.69, 9.17) is 5.26 Å². The van der Waals surface area contributed by atoms with Gasteiger partial charge in [0.05, 0.1) is 11.5 Å². The molecule has 1 aliphatic rings. The Morgan fingerprint density at radius 1 is 1.56 bits per heavy atom. The number of aryl methyl sites for hydroxylation is 1. The zero-order valence-electron chi connectivity index (χ0n) is 9.50. The van der Waals surface area contributed by atoms with Gasteiger partial charge in [0.2, 0.25) is 5.91 Å². The topological polar surface area (TPSA) is 52.9 Å². The van der Waals surface area contributed by atoms with Gasteiger partial charge in [-0.15, -0.1) is 0 Å². The maximum atomic E-state index is 10.9. The molecule has 1 aliphatic carbocycles. The Balaban J connectivity index is 2.37. The van der Waals surface area contributed by atoms with Crippen molar-refractivity contribution in [2.45, 2.75) is 32.1 Å². The first-order valence-electron chi connectivity index (χ1n) is 5.37. The average molecular weight is 214 g/mol. The number of fused-ring (bicyclic) bond motifs is 1. The van der Waals surface area contributed by atoms with Crippen LogP contribution in [0.3, 0.4) is 0 Å². The van der Waals surface area contributed by atoms with Crippen molar-refractivity contribution in [3.63, 3.8) is 0 Å². The summed E-state index contributed by atoms with van der Waals surface area (Å²) in [7, 11) is 0. The molecule has 0 heterocycles. The van der Waals surface area contributed by atoms with Gasteiger partial charge in [-0.2, -0.15) is 5.26 Å². The molecule has 0 aliphatic heterocycles. The van der Waals surface area contributed by atoms with Crippen molar-refractivity contribution in [1.82, 2.24) is 0 Å². The lowest BCUT2D eigenvalue weighted by atomic mass is 9.86. The fraction of sp³-hybridized carbons (Fsp3) is 0.385. The van der Waals surface area contributed by atoms with E-state index in [0.717, 1.165) is 24.1 Å². The van der Waals surface area contributed by atoms with Crippen LogP contribution in [0.15, 0.2) is 18.2 Å². The Bertz CT molecular complexity index is 487. The maximum Gasteiger partial charge on any atom is 0.221 e. The highest BCUT2D eigenvalue weighted by Gasteiger charge is 2.34. The van der Waals surface area contributed by atoms with Gasteiger partial charge in [-0.1, -0.05) is 6.07 Å². The first-order chi connectivity index (χ1) is 7.55. The second-order valence-electron chi connectivity index (χ2n) is 4.50. The van der Waals surface area contributed by atoms with Crippen LogP contribution in [0.4, 0.5) is 5.69 Å². The summed E-state index contributed by atoms with van der Waals surface area (Å²) in [5.74, 6) is -0.0685. The van der Waals surface area contributed by atoms with Crippen molar-refractivity contribution in [3.8, 4) is 6.07 Å². The number of hydrogen-bond acceptors (Lipinski definition) is 2. The van der Waals surface area contributed by atoms with Gasteiger partial charge in [0.1, 0.15) is 0 Å². The zero-order chi connectivity index (χ0) is 11.8. The summed E-state index contributed by atoms with van der Waals surface area (Å²) in [5, 5.41) is 11.9. The highest BCUT2D eigenvalue weighted by atomic mass is 16.1. The second-order valence-corrected chi connectivity index (χ2v) is 4.50. The van der Waals surface area contributed by atoms with Crippen molar-refractivity contribution in [2.24, 2.45) is 0 Å². The maximum absolute atomic E-state index is 10.9. The van der Waals surface area contributed by atoms with Crippen LogP contribution in [-0.2, 0) is 16.6 Å². The lowest BCUT2D eigenvalue weighted by Gasteiger charge is -2.15. The van der Waals surface area contributed by atoms with E-state index >= 15 is 0 Å². The molecule has 0 spiro atoms. The molecule has 1 N–H and O–H groups in total. The Morgan fingerprint density at radius 3 is 2.94 bits per heavy atom. The summed E-state index contributed by atoms with van der Waals surface area (Å²) < 4.78 is 0. The lowest BCUT2D eigenvalue weighted by molar-refractivity contribution is -0.114. The summed E-state index contributed by atoms with van der Waals surface area (Å²) in [4.78, 5) is 10.9. The quantitative estimate of drug-likeness (QED) is 0.780. The van der Waals surface area contributed by atoms with Gasteiger partial charge in [0.25, 0.3) is 0 Å². The van der Waals surface area contributed by atoms with Gasteiger partial charge in [-0.05, 0) is 43.0 Å². The summed E-state index contributed by atoms with van der Waals surface area (Å²) in [6.45, 7) is 3.46. The van der Waals surface area contributed by atoms with Gasteiger partial charge in [0, 0.05) is 12.6 Å².